The highest BCUT2D eigenvalue weighted by molar-refractivity contribution is 9.10. The maximum atomic E-state index is 12.7. The molecule has 1 aromatic rings. The lowest BCUT2D eigenvalue weighted by atomic mass is 10.0. The van der Waals surface area contributed by atoms with Crippen LogP contribution in [0.3, 0.4) is 0 Å². The van der Waals surface area contributed by atoms with Gasteiger partial charge < -0.3 is 14.4 Å². The first-order chi connectivity index (χ1) is 11.4. The fourth-order valence-electron chi connectivity index (χ4n) is 2.34. The van der Waals surface area contributed by atoms with Crippen LogP contribution in [0.5, 0.6) is 0 Å². The summed E-state index contributed by atoms with van der Waals surface area (Å²) in [5.74, 6) is -0.104. The Bertz CT molecular complexity index is 530. The highest BCUT2D eigenvalue weighted by atomic mass is 79.9. The van der Waals surface area contributed by atoms with Crippen molar-refractivity contribution in [3.05, 3.63) is 34.3 Å². The van der Waals surface area contributed by atoms with Crippen molar-refractivity contribution in [3.8, 4) is 0 Å². The number of halogens is 1. The maximum Gasteiger partial charge on any atom is 0.333 e. The van der Waals surface area contributed by atoms with Gasteiger partial charge in [-0.25, -0.2) is 4.79 Å². The van der Waals surface area contributed by atoms with Crippen LogP contribution in [0, 0.1) is 5.92 Å². The van der Waals surface area contributed by atoms with Gasteiger partial charge in [0.1, 0.15) is 0 Å². The standard InChI is InChI=1S/C18H26BrNO4/c1-13(2)5-10-16(21)20(11-12-23-3)17(18(22)24-4)14-6-8-15(19)9-7-14/h6-9,13,17H,5,10-12H2,1-4H3/t17-/m1/s1. The Kier molecular flexibility index (Phi) is 9.00. The van der Waals surface area contributed by atoms with E-state index in [1.54, 1.807) is 12.0 Å². The Morgan fingerprint density at radius 3 is 2.29 bits per heavy atom. The minimum Gasteiger partial charge on any atom is -0.467 e. The topological polar surface area (TPSA) is 55.8 Å². The highest BCUT2D eigenvalue weighted by Crippen LogP contribution is 2.25. The van der Waals surface area contributed by atoms with E-state index in [0.717, 1.165) is 16.5 Å². The van der Waals surface area contributed by atoms with Crippen molar-refractivity contribution in [2.75, 3.05) is 27.4 Å². The molecule has 0 aliphatic carbocycles. The van der Waals surface area contributed by atoms with Crippen LogP contribution in [0.25, 0.3) is 0 Å². The summed E-state index contributed by atoms with van der Waals surface area (Å²) in [5, 5.41) is 0. The van der Waals surface area contributed by atoms with Crippen molar-refractivity contribution in [2.24, 2.45) is 5.92 Å². The second-order valence-electron chi connectivity index (χ2n) is 5.99. The Morgan fingerprint density at radius 2 is 1.79 bits per heavy atom. The second kappa shape index (κ2) is 10.5. The number of methoxy groups -OCH3 is 2. The first-order valence-electron chi connectivity index (χ1n) is 8.02. The van der Waals surface area contributed by atoms with Crippen molar-refractivity contribution in [2.45, 2.75) is 32.7 Å². The van der Waals surface area contributed by atoms with Crippen LogP contribution >= 0.6 is 15.9 Å². The van der Waals surface area contributed by atoms with Gasteiger partial charge in [-0.1, -0.05) is 41.9 Å². The summed E-state index contributed by atoms with van der Waals surface area (Å²) in [4.78, 5) is 26.6. The van der Waals surface area contributed by atoms with E-state index in [1.165, 1.54) is 7.11 Å². The van der Waals surface area contributed by atoms with E-state index in [2.05, 4.69) is 29.8 Å². The zero-order valence-electron chi connectivity index (χ0n) is 14.8. The van der Waals surface area contributed by atoms with E-state index >= 15 is 0 Å². The van der Waals surface area contributed by atoms with Crippen LogP contribution in [0.15, 0.2) is 28.7 Å². The molecule has 5 nitrogen and oxygen atoms in total. The molecular weight excluding hydrogens is 374 g/mol. The van der Waals surface area contributed by atoms with Gasteiger partial charge in [0.2, 0.25) is 5.91 Å². The Labute approximate surface area is 152 Å². The lowest BCUT2D eigenvalue weighted by Crippen LogP contribution is -2.41. The summed E-state index contributed by atoms with van der Waals surface area (Å²) >= 11 is 3.38. The van der Waals surface area contributed by atoms with Crippen LogP contribution in [-0.4, -0.2) is 44.1 Å². The Hall–Kier alpha value is -1.40. The SMILES string of the molecule is COCCN(C(=O)CCC(C)C)[C@@H](C(=O)OC)c1ccc(Br)cc1. The van der Waals surface area contributed by atoms with Gasteiger partial charge in [-0.05, 0) is 30.0 Å². The quantitative estimate of drug-likeness (QED) is 0.595. The van der Waals surface area contributed by atoms with Crippen LogP contribution < -0.4 is 0 Å². The molecule has 24 heavy (non-hydrogen) atoms. The molecule has 0 aromatic heterocycles. The molecule has 0 spiro atoms. The Morgan fingerprint density at radius 1 is 1.17 bits per heavy atom. The number of benzene rings is 1. The van der Waals surface area contributed by atoms with Crippen molar-refractivity contribution < 1.29 is 19.1 Å². The molecule has 0 heterocycles. The lowest BCUT2D eigenvalue weighted by molar-refractivity contribution is -0.154. The molecule has 0 N–H and O–H groups in total. The average Bonchev–Trinajstić information content (AvgIpc) is 2.57. The minimum atomic E-state index is -0.766. The number of amides is 1. The molecule has 1 amide bonds. The molecule has 1 atom stereocenters. The van der Waals surface area contributed by atoms with Gasteiger partial charge in [-0.3, -0.25) is 4.79 Å². The van der Waals surface area contributed by atoms with Crippen molar-refractivity contribution >= 4 is 27.8 Å². The lowest BCUT2D eigenvalue weighted by Gasteiger charge is -2.30. The summed E-state index contributed by atoms with van der Waals surface area (Å²) in [7, 11) is 2.91. The molecule has 0 saturated heterocycles. The van der Waals surface area contributed by atoms with Gasteiger partial charge in [0.25, 0.3) is 0 Å². The van der Waals surface area contributed by atoms with E-state index < -0.39 is 12.0 Å². The zero-order valence-corrected chi connectivity index (χ0v) is 16.3. The fourth-order valence-corrected chi connectivity index (χ4v) is 2.61. The molecule has 1 rings (SSSR count). The molecule has 0 aliphatic heterocycles. The number of hydrogen-bond donors (Lipinski definition) is 0. The first kappa shape index (κ1) is 20.6. The average molecular weight is 400 g/mol. The molecule has 0 bridgehead atoms. The van der Waals surface area contributed by atoms with E-state index in [-0.39, 0.29) is 5.91 Å². The zero-order chi connectivity index (χ0) is 18.1. The van der Waals surface area contributed by atoms with E-state index in [0.29, 0.717) is 25.5 Å². The highest BCUT2D eigenvalue weighted by Gasteiger charge is 2.31. The number of esters is 1. The van der Waals surface area contributed by atoms with E-state index in [9.17, 15) is 9.59 Å². The van der Waals surface area contributed by atoms with E-state index in [4.69, 9.17) is 9.47 Å². The van der Waals surface area contributed by atoms with Crippen LogP contribution in [-0.2, 0) is 19.1 Å². The third-order valence-corrected chi connectivity index (χ3v) is 4.24. The summed E-state index contributed by atoms with van der Waals surface area (Å²) < 4.78 is 11.0. The third-order valence-electron chi connectivity index (χ3n) is 3.71. The van der Waals surface area contributed by atoms with Gasteiger partial charge in [-0.15, -0.1) is 0 Å². The number of rotatable bonds is 9. The number of hydrogen-bond acceptors (Lipinski definition) is 4. The second-order valence-corrected chi connectivity index (χ2v) is 6.91. The summed E-state index contributed by atoms with van der Waals surface area (Å²) in [6, 6.07) is 6.57. The number of carbonyl (C=O) groups is 2. The monoisotopic (exact) mass is 399 g/mol. The molecule has 0 aliphatic rings. The smallest absolute Gasteiger partial charge is 0.333 e. The maximum absolute atomic E-state index is 12.7. The molecule has 134 valence electrons. The van der Waals surface area contributed by atoms with Crippen molar-refractivity contribution in [1.29, 1.82) is 0 Å². The van der Waals surface area contributed by atoms with Crippen molar-refractivity contribution in [1.82, 2.24) is 4.90 Å². The number of carbonyl (C=O) groups excluding carboxylic acids is 2. The molecule has 0 saturated carbocycles. The van der Waals surface area contributed by atoms with Gasteiger partial charge in [0.05, 0.1) is 13.7 Å². The Balaban J connectivity index is 3.11. The summed E-state index contributed by atoms with van der Waals surface area (Å²) in [5.41, 5.74) is 0.721. The van der Waals surface area contributed by atoms with Crippen LogP contribution in [0.4, 0.5) is 0 Å². The molecule has 0 fully saturated rings. The number of ether oxygens (including phenoxy) is 2. The summed E-state index contributed by atoms with van der Waals surface area (Å²) in [6.07, 6.45) is 1.17. The van der Waals surface area contributed by atoms with Crippen LogP contribution in [0.1, 0.15) is 38.3 Å². The minimum absolute atomic E-state index is 0.0703. The predicted octanol–water partition coefficient (Wildman–Crippen LogP) is 3.57. The molecular formula is C18H26BrNO4. The largest absolute Gasteiger partial charge is 0.467 e. The van der Waals surface area contributed by atoms with Gasteiger partial charge in [0.15, 0.2) is 6.04 Å². The third kappa shape index (κ3) is 6.24. The van der Waals surface area contributed by atoms with E-state index in [1.807, 2.05) is 24.3 Å². The molecule has 0 unspecified atom stereocenters. The normalized spacial score (nSPS) is 12.1. The summed E-state index contributed by atoms with van der Waals surface area (Å²) in [6.45, 7) is 4.83. The fraction of sp³-hybridized carbons (Fsp3) is 0.556. The van der Waals surface area contributed by atoms with Gasteiger partial charge in [0, 0.05) is 24.5 Å². The first-order valence-corrected chi connectivity index (χ1v) is 8.81. The van der Waals surface area contributed by atoms with Crippen molar-refractivity contribution in [3.63, 3.8) is 0 Å². The van der Waals surface area contributed by atoms with Crippen LogP contribution in [0.2, 0.25) is 0 Å². The molecule has 1 aromatic carbocycles. The van der Waals surface area contributed by atoms with Gasteiger partial charge >= 0.3 is 5.97 Å². The number of nitrogens with zero attached hydrogens (tertiary/aromatic N) is 1. The molecule has 0 radical (unpaired) electrons. The predicted molar refractivity (Wildman–Crippen MR) is 96.6 cm³/mol. The molecule has 6 heteroatoms. The van der Waals surface area contributed by atoms with Gasteiger partial charge in [-0.2, -0.15) is 0 Å².